The molecule has 54 heavy (non-hydrogen) atoms. The predicted molar refractivity (Wildman–Crippen MR) is 206 cm³/mol. The summed E-state index contributed by atoms with van der Waals surface area (Å²) in [6, 6.07) is 26.6. The molecule has 3 unspecified atom stereocenters. The molecule has 1 aromatic heterocycles. The maximum atomic E-state index is 13.2. The van der Waals surface area contributed by atoms with Gasteiger partial charge >= 0.3 is 5.69 Å². The highest BCUT2D eigenvalue weighted by molar-refractivity contribution is 7.44. The van der Waals surface area contributed by atoms with Crippen LogP contribution >= 0.6 is 8.53 Å². The van der Waals surface area contributed by atoms with Gasteiger partial charge in [-0.3, -0.25) is 14.3 Å². The molecule has 14 heteroatoms. The van der Waals surface area contributed by atoms with Gasteiger partial charge in [-0.1, -0.05) is 54.6 Å². The van der Waals surface area contributed by atoms with E-state index in [1.807, 2.05) is 78.9 Å². The third-order valence-corrected chi connectivity index (χ3v) is 11.3. The van der Waals surface area contributed by atoms with E-state index in [1.54, 1.807) is 14.2 Å². The van der Waals surface area contributed by atoms with E-state index in [0.29, 0.717) is 11.5 Å². The number of aromatic amines is 1. The van der Waals surface area contributed by atoms with Crippen molar-refractivity contribution < 1.29 is 32.7 Å². The summed E-state index contributed by atoms with van der Waals surface area (Å²) in [6.07, 6.45) is -2.12. The predicted octanol–water partition coefficient (Wildman–Crippen LogP) is 6.14. The molecule has 0 bridgehead atoms. The lowest BCUT2D eigenvalue weighted by Gasteiger charge is -2.39. The lowest BCUT2D eigenvalue weighted by Crippen LogP contribution is -2.43. The molecular formula is C40H49N4O9P. The highest BCUT2D eigenvalue weighted by Crippen LogP contribution is 2.51. The fourth-order valence-corrected chi connectivity index (χ4v) is 8.51. The van der Waals surface area contributed by atoms with Crippen molar-refractivity contribution in [3.8, 4) is 11.5 Å². The van der Waals surface area contributed by atoms with Gasteiger partial charge in [0.1, 0.15) is 42.0 Å². The molecule has 1 N–H and O–H groups in total. The lowest BCUT2D eigenvalue weighted by atomic mass is 9.80. The molecule has 2 heterocycles. The first-order chi connectivity index (χ1) is 26.1. The molecule has 0 spiro atoms. The van der Waals surface area contributed by atoms with Crippen LogP contribution < -0.4 is 20.7 Å². The Bertz CT molecular complexity index is 1870. The van der Waals surface area contributed by atoms with E-state index < -0.39 is 49.9 Å². The van der Waals surface area contributed by atoms with Crippen LogP contribution in [0.4, 0.5) is 0 Å². The Labute approximate surface area is 317 Å². The van der Waals surface area contributed by atoms with Crippen molar-refractivity contribution in [2.75, 3.05) is 41.1 Å². The van der Waals surface area contributed by atoms with Crippen molar-refractivity contribution >= 4 is 8.53 Å². The van der Waals surface area contributed by atoms with Gasteiger partial charge in [-0.2, -0.15) is 0 Å². The van der Waals surface area contributed by atoms with E-state index >= 15 is 0 Å². The van der Waals surface area contributed by atoms with Crippen LogP contribution in [-0.2, 0) is 28.9 Å². The molecule has 1 fully saturated rings. The molecule has 5 rings (SSSR count). The Balaban J connectivity index is 1.64. The fourth-order valence-electron chi connectivity index (χ4n) is 6.75. The largest absolute Gasteiger partial charge is 0.497 e. The number of benzene rings is 3. The number of nitrogens with zero attached hydrogens (tertiary/aromatic N) is 3. The summed E-state index contributed by atoms with van der Waals surface area (Å²) < 4.78 is 47.7. The van der Waals surface area contributed by atoms with Crippen molar-refractivity contribution in [3.05, 3.63) is 140 Å². The van der Waals surface area contributed by atoms with Gasteiger partial charge in [0.25, 0.3) is 14.1 Å². The van der Waals surface area contributed by atoms with Crippen LogP contribution in [0.5, 0.6) is 11.5 Å². The van der Waals surface area contributed by atoms with Crippen LogP contribution in [0.15, 0.2) is 101 Å². The zero-order valence-corrected chi connectivity index (χ0v) is 32.6. The van der Waals surface area contributed by atoms with Crippen LogP contribution in [0.1, 0.15) is 50.6 Å². The van der Waals surface area contributed by atoms with E-state index in [2.05, 4.69) is 42.2 Å². The van der Waals surface area contributed by atoms with E-state index in [4.69, 9.17) is 39.3 Å². The molecule has 0 amide bonds. The smallest absolute Gasteiger partial charge is 0.330 e. The molecule has 288 valence electrons. The average Bonchev–Trinajstić information content (AvgIpc) is 3.51. The van der Waals surface area contributed by atoms with Gasteiger partial charge in [-0.25, -0.2) is 16.0 Å². The first kappa shape index (κ1) is 40.8. The summed E-state index contributed by atoms with van der Waals surface area (Å²) in [4.78, 5) is 31.0. The van der Waals surface area contributed by atoms with Crippen LogP contribution in [0, 0.1) is 6.57 Å². The molecule has 13 nitrogen and oxygen atoms in total. The standard InChI is InChI=1S/C40H49N4O9P/c1-27(2)44(28(3)4)54(51-25-23-41-5)53-36-34(52-38(37(36)49-8)43-24-22-35(45)42-39(43)46)26-50-40(29-12-10-9-11-13-29,30-14-18-32(47-6)19-15-30)31-16-20-33(48-7)21-17-31/h9-22,24,27-28,34,36-38H,23,25-26H2,1-4,6-8H3,(H,42,45,46)/t34-,36?,37?,38-,54?/m1/s1. The summed E-state index contributed by atoms with van der Waals surface area (Å²) in [6.45, 7) is 15.8. The second-order valence-electron chi connectivity index (χ2n) is 13.2. The second kappa shape index (κ2) is 18.8. The number of ether oxygens (including phenoxy) is 5. The van der Waals surface area contributed by atoms with Gasteiger partial charge in [0, 0.05) is 31.5 Å². The second-order valence-corrected chi connectivity index (χ2v) is 14.6. The highest BCUT2D eigenvalue weighted by Gasteiger charge is 2.51. The number of H-pyrrole nitrogens is 1. The number of hydrogen-bond acceptors (Lipinski definition) is 10. The fraction of sp³-hybridized carbons (Fsp3) is 0.425. The monoisotopic (exact) mass is 760 g/mol. The number of rotatable bonds is 18. The van der Waals surface area contributed by atoms with E-state index in [9.17, 15) is 9.59 Å². The van der Waals surface area contributed by atoms with Crippen molar-refractivity contribution in [2.45, 2.75) is 69.9 Å². The quantitative estimate of drug-likeness (QED) is 0.0547. The normalized spacial score (nSPS) is 19.3. The minimum absolute atomic E-state index is 0.0237. The molecule has 1 saturated heterocycles. The Hall–Kier alpha value is -4.38. The maximum Gasteiger partial charge on any atom is 0.330 e. The number of methoxy groups -OCH3 is 3. The highest BCUT2D eigenvalue weighted by atomic mass is 31.2. The van der Waals surface area contributed by atoms with Gasteiger partial charge in [-0.15, -0.1) is 0 Å². The number of hydrogen-bond donors (Lipinski definition) is 1. The Morgan fingerprint density at radius 2 is 1.43 bits per heavy atom. The maximum absolute atomic E-state index is 13.2. The lowest BCUT2D eigenvalue weighted by molar-refractivity contribution is -0.0957. The summed E-state index contributed by atoms with van der Waals surface area (Å²) >= 11 is 0. The Morgan fingerprint density at radius 1 is 0.852 bits per heavy atom. The van der Waals surface area contributed by atoms with Gasteiger partial charge in [0.05, 0.1) is 20.8 Å². The average molecular weight is 761 g/mol. The van der Waals surface area contributed by atoms with E-state index in [0.717, 1.165) is 16.7 Å². The molecule has 0 aliphatic carbocycles. The molecule has 0 radical (unpaired) electrons. The molecule has 1 aliphatic rings. The molecule has 4 aromatic rings. The molecule has 0 saturated carbocycles. The molecule has 5 atom stereocenters. The van der Waals surface area contributed by atoms with Gasteiger partial charge in [-0.05, 0) is 68.7 Å². The Morgan fingerprint density at radius 3 is 1.93 bits per heavy atom. The SMILES string of the molecule is [C-]#[N+]CCOP(OC1C(OC)[C@H](n2ccc(=O)[nH]c2=O)O[C@@H]1COC(c1ccccc1)(c1ccc(OC)cc1)c1ccc(OC)cc1)N(C(C)C)C(C)C. The van der Waals surface area contributed by atoms with Crippen molar-refractivity contribution in [2.24, 2.45) is 0 Å². The summed E-state index contributed by atoms with van der Waals surface area (Å²) in [5.74, 6) is 1.37. The number of aromatic nitrogens is 2. The van der Waals surface area contributed by atoms with Gasteiger partial charge < -0.3 is 37.6 Å². The minimum atomic E-state index is -1.77. The van der Waals surface area contributed by atoms with Crippen molar-refractivity contribution in [3.63, 3.8) is 0 Å². The van der Waals surface area contributed by atoms with Crippen LogP contribution in [0.2, 0.25) is 0 Å². The first-order valence-corrected chi connectivity index (χ1v) is 18.9. The third kappa shape index (κ3) is 8.94. The summed E-state index contributed by atoms with van der Waals surface area (Å²) in [5.41, 5.74) is 0.116. The minimum Gasteiger partial charge on any atom is -0.497 e. The van der Waals surface area contributed by atoms with Crippen LogP contribution in [0.3, 0.4) is 0 Å². The number of nitrogens with one attached hydrogen (secondary N) is 1. The zero-order chi connectivity index (χ0) is 38.8. The van der Waals surface area contributed by atoms with Crippen LogP contribution in [-0.4, -0.2) is 85.7 Å². The molecule has 1 aliphatic heterocycles. The van der Waals surface area contributed by atoms with Crippen LogP contribution in [0.25, 0.3) is 4.85 Å². The van der Waals surface area contributed by atoms with Crippen molar-refractivity contribution in [1.82, 2.24) is 14.2 Å². The van der Waals surface area contributed by atoms with Gasteiger partial charge in [0.2, 0.25) is 6.54 Å². The molecular weight excluding hydrogens is 711 g/mol. The molecule has 3 aromatic carbocycles. The summed E-state index contributed by atoms with van der Waals surface area (Å²) in [7, 11) is 2.99. The van der Waals surface area contributed by atoms with E-state index in [-0.39, 0.29) is 31.8 Å². The Kier molecular flexibility index (Phi) is 14.2. The van der Waals surface area contributed by atoms with E-state index in [1.165, 1.54) is 23.9 Å². The van der Waals surface area contributed by atoms with Crippen molar-refractivity contribution in [1.29, 1.82) is 0 Å². The zero-order valence-electron chi connectivity index (χ0n) is 31.7. The van der Waals surface area contributed by atoms with Gasteiger partial charge in [0.15, 0.2) is 6.23 Å². The third-order valence-electron chi connectivity index (χ3n) is 9.18. The topological polar surface area (TPSA) is 127 Å². The first-order valence-electron chi connectivity index (χ1n) is 17.8. The summed E-state index contributed by atoms with van der Waals surface area (Å²) in [5, 5.41) is 0.